The first-order valence-corrected chi connectivity index (χ1v) is 7.28. The van der Waals surface area contributed by atoms with Gasteiger partial charge < -0.3 is 16.4 Å². The zero-order valence-electron chi connectivity index (χ0n) is 11.2. The van der Waals surface area contributed by atoms with Crippen molar-refractivity contribution in [1.29, 1.82) is 0 Å². The standard InChI is InChI=1S/C13H19N3O2S/c1-7(17)11-10(14)9(12(18)15-2)13(19-11)16-8-5-3-4-6-8/h8,16H,3-6,14H2,1-2H3,(H,15,18). The van der Waals surface area contributed by atoms with Crippen LogP contribution in [0, 0.1) is 0 Å². The number of amides is 1. The molecule has 1 aliphatic carbocycles. The lowest BCUT2D eigenvalue weighted by Gasteiger charge is -2.13. The van der Waals surface area contributed by atoms with E-state index in [4.69, 9.17) is 5.73 Å². The minimum absolute atomic E-state index is 0.105. The molecule has 5 nitrogen and oxygen atoms in total. The molecule has 1 aliphatic rings. The Morgan fingerprint density at radius 2 is 1.95 bits per heavy atom. The van der Waals surface area contributed by atoms with E-state index >= 15 is 0 Å². The Morgan fingerprint density at radius 1 is 1.32 bits per heavy atom. The predicted molar refractivity (Wildman–Crippen MR) is 78.0 cm³/mol. The average molecular weight is 281 g/mol. The summed E-state index contributed by atoms with van der Waals surface area (Å²) in [6.45, 7) is 1.47. The number of ketones is 1. The second-order valence-electron chi connectivity index (χ2n) is 4.81. The minimum atomic E-state index is -0.248. The average Bonchev–Trinajstić information content (AvgIpc) is 2.97. The Hall–Kier alpha value is -1.56. The van der Waals surface area contributed by atoms with Crippen molar-refractivity contribution >= 4 is 33.7 Å². The summed E-state index contributed by atoms with van der Waals surface area (Å²) in [5.74, 6) is -0.353. The number of hydrogen-bond donors (Lipinski definition) is 3. The lowest BCUT2D eigenvalue weighted by Crippen LogP contribution is -2.22. The number of nitrogens with two attached hydrogens (primary N) is 1. The van der Waals surface area contributed by atoms with Crippen LogP contribution in [0.5, 0.6) is 0 Å². The van der Waals surface area contributed by atoms with Crippen molar-refractivity contribution in [3.8, 4) is 0 Å². The first kappa shape index (κ1) is 13.9. The largest absolute Gasteiger partial charge is 0.397 e. The Bertz CT molecular complexity index is 504. The van der Waals surface area contributed by atoms with Gasteiger partial charge in [-0.1, -0.05) is 12.8 Å². The van der Waals surface area contributed by atoms with Crippen LogP contribution in [0.4, 0.5) is 10.7 Å². The third kappa shape index (κ3) is 2.73. The third-order valence-corrected chi connectivity index (χ3v) is 4.65. The number of rotatable bonds is 4. The molecule has 1 aromatic heterocycles. The molecule has 0 unspecified atom stereocenters. The fourth-order valence-corrected chi connectivity index (χ4v) is 3.50. The van der Waals surface area contributed by atoms with Crippen LogP contribution >= 0.6 is 11.3 Å². The highest BCUT2D eigenvalue weighted by atomic mass is 32.1. The molecule has 1 fully saturated rings. The van der Waals surface area contributed by atoms with Gasteiger partial charge in [0.15, 0.2) is 5.78 Å². The van der Waals surface area contributed by atoms with E-state index in [-0.39, 0.29) is 17.4 Å². The Labute approximate surface area is 116 Å². The van der Waals surface area contributed by atoms with Crippen molar-refractivity contribution in [2.24, 2.45) is 0 Å². The van der Waals surface area contributed by atoms with E-state index in [0.717, 1.165) is 12.8 Å². The molecule has 0 saturated heterocycles. The number of carbonyl (C=O) groups is 2. The van der Waals surface area contributed by atoms with Gasteiger partial charge in [0, 0.05) is 20.0 Å². The molecule has 0 bridgehead atoms. The van der Waals surface area contributed by atoms with Gasteiger partial charge in [-0.25, -0.2) is 0 Å². The summed E-state index contributed by atoms with van der Waals surface area (Å²) in [4.78, 5) is 23.9. The molecule has 1 heterocycles. The molecule has 4 N–H and O–H groups in total. The van der Waals surface area contributed by atoms with Crippen LogP contribution in [0.15, 0.2) is 0 Å². The Morgan fingerprint density at radius 3 is 2.47 bits per heavy atom. The molecule has 19 heavy (non-hydrogen) atoms. The van der Waals surface area contributed by atoms with Crippen LogP contribution in [0.1, 0.15) is 52.6 Å². The molecule has 0 atom stereocenters. The van der Waals surface area contributed by atoms with Crippen molar-refractivity contribution in [1.82, 2.24) is 5.32 Å². The summed E-state index contributed by atoms with van der Waals surface area (Å²) in [6.07, 6.45) is 4.60. The van der Waals surface area contributed by atoms with Crippen LogP contribution in [0.25, 0.3) is 0 Å². The second-order valence-corrected chi connectivity index (χ2v) is 5.83. The van der Waals surface area contributed by atoms with E-state index in [1.165, 1.54) is 31.1 Å². The lowest BCUT2D eigenvalue weighted by molar-refractivity contribution is 0.0965. The molecule has 2 rings (SSSR count). The van der Waals surface area contributed by atoms with Gasteiger partial charge >= 0.3 is 0 Å². The maximum atomic E-state index is 11.9. The summed E-state index contributed by atoms with van der Waals surface area (Å²) in [6, 6.07) is 0.376. The second kappa shape index (κ2) is 5.61. The van der Waals surface area contributed by atoms with Crippen molar-refractivity contribution in [2.75, 3.05) is 18.1 Å². The predicted octanol–water partition coefficient (Wildman–Crippen LogP) is 2.25. The van der Waals surface area contributed by atoms with Crippen molar-refractivity contribution in [3.63, 3.8) is 0 Å². The molecule has 0 aromatic carbocycles. The van der Waals surface area contributed by atoms with Crippen molar-refractivity contribution in [3.05, 3.63) is 10.4 Å². The zero-order valence-corrected chi connectivity index (χ0v) is 12.0. The first-order valence-electron chi connectivity index (χ1n) is 6.46. The molecule has 1 amide bonds. The smallest absolute Gasteiger partial charge is 0.256 e. The maximum Gasteiger partial charge on any atom is 0.256 e. The van der Waals surface area contributed by atoms with E-state index < -0.39 is 0 Å². The van der Waals surface area contributed by atoms with Gasteiger partial charge in [0.25, 0.3) is 5.91 Å². The fourth-order valence-electron chi connectivity index (χ4n) is 2.41. The van der Waals surface area contributed by atoms with Gasteiger partial charge in [0.2, 0.25) is 0 Å². The van der Waals surface area contributed by atoms with Gasteiger partial charge in [-0.2, -0.15) is 0 Å². The minimum Gasteiger partial charge on any atom is -0.397 e. The van der Waals surface area contributed by atoms with Crippen LogP contribution in [0.3, 0.4) is 0 Å². The summed E-state index contributed by atoms with van der Waals surface area (Å²) in [5.41, 5.74) is 6.64. The number of nitrogens with one attached hydrogen (secondary N) is 2. The summed E-state index contributed by atoms with van der Waals surface area (Å²) < 4.78 is 0. The molecule has 0 aliphatic heterocycles. The van der Waals surface area contributed by atoms with E-state index in [1.807, 2.05) is 0 Å². The highest BCUT2D eigenvalue weighted by Gasteiger charge is 2.25. The monoisotopic (exact) mass is 281 g/mol. The van der Waals surface area contributed by atoms with Gasteiger partial charge in [0.05, 0.1) is 16.1 Å². The van der Waals surface area contributed by atoms with Gasteiger partial charge in [-0.3, -0.25) is 9.59 Å². The molecule has 1 aromatic rings. The number of Topliss-reactive ketones (excluding diaryl/α,β-unsaturated/α-hetero) is 1. The quantitative estimate of drug-likeness (QED) is 0.739. The van der Waals surface area contributed by atoms with Gasteiger partial charge in [0.1, 0.15) is 5.00 Å². The number of nitrogen functional groups attached to an aromatic ring is 1. The Balaban J connectivity index is 2.36. The normalized spacial score (nSPS) is 15.5. The molecular formula is C13H19N3O2S. The van der Waals surface area contributed by atoms with Crippen LogP contribution in [-0.4, -0.2) is 24.8 Å². The SMILES string of the molecule is CNC(=O)c1c(NC2CCCC2)sc(C(C)=O)c1N. The van der Waals surface area contributed by atoms with E-state index in [9.17, 15) is 9.59 Å². The molecule has 6 heteroatoms. The summed E-state index contributed by atoms with van der Waals surface area (Å²) in [7, 11) is 1.56. The third-order valence-electron chi connectivity index (χ3n) is 3.41. The van der Waals surface area contributed by atoms with E-state index in [1.54, 1.807) is 7.05 Å². The van der Waals surface area contributed by atoms with Crippen molar-refractivity contribution < 1.29 is 9.59 Å². The van der Waals surface area contributed by atoms with Crippen LogP contribution in [-0.2, 0) is 0 Å². The molecule has 1 saturated carbocycles. The summed E-state index contributed by atoms with van der Waals surface area (Å²) >= 11 is 1.28. The fraction of sp³-hybridized carbons (Fsp3) is 0.538. The molecule has 104 valence electrons. The molecular weight excluding hydrogens is 262 g/mol. The van der Waals surface area contributed by atoms with E-state index in [0.29, 0.717) is 21.5 Å². The first-order chi connectivity index (χ1) is 9.04. The van der Waals surface area contributed by atoms with Crippen LogP contribution < -0.4 is 16.4 Å². The van der Waals surface area contributed by atoms with Crippen molar-refractivity contribution in [2.45, 2.75) is 38.6 Å². The van der Waals surface area contributed by atoms with Gasteiger partial charge in [-0.05, 0) is 12.8 Å². The number of hydrogen-bond acceptors (Lipinski definition) is 5. The summed E-state index contributed by atoms with van der Waals surface area (Å²) in [5, 5.41) is 6.66. The van der Waals surface area contributed by atoms with Crippen LogP contribution in [0.2, 0.25) is 0 Å². The highest BCUT2D eigenvalue weighted by Crippen LogP contribution is 2.37. The number of carbonyl (C=O) groups excluding carboxylic acids is 2. The highest BCUT2D eigenvalue weighted by molar-refractivity contribution is 7.19. The maximum absolute atomic E-state index is 11.9. The zero-order chi connectivity index (χ0) is 14.0. The molecule has 0 spiro atoms. The van der Waals surface area contributed by atoms with E-state index in [2.05, 4.69) is 10.6 Å². The van der Waals surface area contributed by atoms with Gasteiger partial charge in [-0.15, -0.1) is 11.3 Å². The number of anilines is 2. The number of thiophene rings is 1. The Kier molecular flexibility index (Phi) is 4.09. The topological polar surface area (TPSA) is 84.2 Å². The lowest BCUT2D eigenvalue weighted by atomic mass is 10.2. The molecule has 0 radical (unpaired) electrons.